The summed E-state index contributed by atoms with van der Waals surface area (Å²) < 4.78 is 18.4. The van der Waals surface area contributed by atoms with Crippen LogP contribution in [0.5, 0.6) is 5.75 Å². The molecule has 0 aliphatic rings. The molecule has 0 aromatic heterocycles. The first-order chi connectivity index (χ1) is 15.6. The second-order valence-corrected chi connectivity index (χ2v) is 8.80. The van der Waals surface area contributed by atoms with E-state index in [-0.39, 0.29) is 23.6 Å². The summed E-state index contributed by atoms with van der Waals surface area (Å²) in [6, 6.07) is 11.6. The number of rotatable bonds is 9. The minimum Gasteiger partial charge on any atom is -0.497 e. The lowest BCUT2D eigenvalue weighted by Gasteiger charge is -2.25. The van der Waals surface area contributed by atoms with Gasteiger partial charge in [0.2, 0.25) is 5.96 Å². The number of nitroso groups, excluding NO2 is 1. The number of amides is 1. The van der Waals surface area contributed by atoms with Crippen LogP contribution in [-0.2, 0) is 0 Å². The Bertz CT molecular complexity index is 940. The number of ether oxygens (including phenoxy) is 1. The molecule has 178 valence electrons. The Morgan fingerprint density at radius 3 is 2.24 bits per heavy atom. The van der Waals surface area contributed by atoms with Crippen LogP contribution in [0.25, 0.3) is 0 Å². The van der Waals surface area contributed by atoms with Crippen LogP contribution < -0.4 is 20.7 Å². The third-order valence-corrected chi connectivity index (χ3v) is 4.84. The summed E-state index contributed by atoms with van der Waals surface area (Å²) in [5, 5.41) is 12.6. The molecule has 0 fully saturated rings. The Kier molecular flexibility index (Phi) is 9.47. The van der Waals surface area contributed by atoms with E-state index in [1.54, 1.807) is 38.4 Å². The largest absolute Gasteiger partial charge is 0.497 e. The summed E-state index contributed by atoms with van der Waals surface area (Å²) in [6.07, 6.45) is -0.175. The fourth-order valence-electron chi connectivity index (χ4n) is 2.93. The molecule has 1 amide bonds. The molecule has 2 aromatic carbocycles. The van der Waals surface area contributed by atoms with E-state index in [0.717, 1.165) is 0 Å². The topological polar surface area (TPSA) is 104 Å². The van der Waals surface area contributed by atoms with Crippen molar-refractivity contribution < 1.29 is 13.9 Å². The summed E-state index contributed by atoms with van der Waals surface area (Å²) in [5.74, 6) is 0.0987. The highest BCUT2D eigenvalue weighted by atomic mass is 19.1. The van der Waals surface area contributed by atoms with Crippen LogP contribution in [0.4, 0.5) is 4.39 Å². The predicted octanol–water partition coefficient (Wildman–Crippen LogP) is 4.00. The van der Waals surface area contributed by atoms with Gasteiger partial charge in [0.1, 0.15) is 17.6 Å². The van der Waals surface area contributed by atoms with Crippen LogP contribution in [0.15, 0.2) is 58.7 Å². The highest BCUT2D eigenvalue weighted by Crippen LogP contribution is 2.22. The quantitative estimate of drug-likeness (QED) is 0.228. The van der Waals surface area contributed by atoms with Crippen molar-refractivity contribution in [2.24, 2.45) is 15.6 Å². The van der Waals surface area contributed by atoms with Gasteiger partial charge in [-0.1, -0.05) is 38.1 Å². The van der Waals surface area contributed by atoms with Gasteiger partial charge in [0.15, 0.2) is 0 Å². The molecule has 0 aliphatic heterocycles. The second-order valence-electron chi connectivity index (χ2n) is 8.80. The summed E-state index contributed by atoms with van der Waals surface area (Å²) in [6.45, 7) is 6.72. The van der Waals surface area contributed by atoms with Crippen LogP contribution in [0, 0.1) is 16.1 Å². The van der Waals surface area contributed by atoms with Gasteiger partial charge in [0.05, 0.1) is 13.3 Å². The average Bonchev–Trinajstić information content (AvgIpc) is 2.80. The SMILES string of the molecule is CNC(CC(N=O)c1ccc(F)cc1)N/C(=N\C(=O)c1ccc(OC)cc1)NCC(C)(C)C. The van der Waals surface area contributed by atoms with E-state index in [4.69, 9.17) is 4.74 Å². The fourth-order valence-corrected chi connectivity index (χ4v) is 2.93. The Balaban J connectivity index is 2.21. The third-order valence-electron chi connectivity index (χ3n) is 4.84. The van der Waals surface area contributed by atoms with Crippen molar-refractivity contribution >= 4 is 11.9 Å². The van der Waals surface area contributed by atoms with Crippen molar-refractivity contribution in [1.82, 2.24) is 16.0 Å². The monoisotopic (exact) mass is 457 g/mol. The molecule has 2 unspecified atom stereocenters. The summed E-state index contributed by atoms with van der Waals surface area (Å²) in [5.41, 5.74) is 0.943. The summed E-state index contributed by atoms with van der Waals surface area (Å²) in [7, 11) is 3.27. The van der Waals surface area contributed by atoms with E-state index in [1.165, 1.54) is 24.3 Å². The highest BCUT2D eigenvalue weighted by molar-refractivity contribution is 6.02. The Morgan fingerprint density at radius 1 is 1.09 bits per heavy atom. The van der Waals surface area contributed by atoms with Gasteiger partial charge in [-0.25, -0.2) is 4.39 Å². The molecule has 8 nitrogen and oxygen atoms in total. The Hall–Kier alpha value is -3.33. The van der Waals surface area contributed by atoms with Gasteiger partial charge in [0, 0.05) is 18.5 Å². The molecule has 33 heavy (non-hydrogen) atoms. The van der Waals surface area contributed by atoms with E-state index in [9.17, 15) is 14.1 Å². The summed E-state index contributed by atoms with van der Waals surface area (Å²) in [4.78, 5) is 28.5. The number of carbonyl (C=O) groups is 1. The van der Waals surface area contributed by atoms with Crippen LogP contribution in [0.1, 0.15) is 49.2 Å². The number of hydrogen-bond donors (Lipinski definition) is 3. The van der Waals surface area contributed by atoms with Crippen LogP contribution in [0.3, 0.4) is 0 Å². The highest BCUT2D eigenvalue weighted by Gasteiger charge is 2.21. The first kappa shape index (κ1) is 25.9. The molecule has 9 heteroatoms. The van der Waals surface area contributed by atoms with Gasteiger partial charge in [-0.15, -0.1) is 0 Å². The van der Waals surface area contributed by atoms with E-state index in [2.05, 4.69) is 46.9 Å². The zero-order valence-electron chi connectivity index (χ0n) is 19.7. The number of benzene rings is 2. The minimum absolute atomic E-state index is 0.0677. The number of guanidine groups is 1. The van der Waals surface area contributed by atoms with E-state index in [0.29, 0.717) is 23.4 Å². The lowest BCUT2D eigenvalue weighted by Crippen LogP contribution is -2.51. The smallest absolute Gasteiger partial charge is 0.280 e. The zero-order valence-corrected chi connectivity index (χ0v) is 19.7. The molecular weight excluding hydrogens is 425 g/mol. The van der Waals surface area contributed by atoms with Crippen molar-refractivity contribution in [2.45, 2.75) is 39.4 Å². The van der Waals surface area contributed by atoms with Crippen molar-refractivity contribution in [2.75, 3.05) is 20.7 Å². The van der Waals surface area contributed by atoms with Crippen LogP contribution >= 0.6 is 0 Å². The van der Waals surface area contributed by atoms with Crippen molar-refractivity contribution in [1.29, 1.82) is 0 Å². The molecule has 0 radical (unpaired) electrons. The molecule has 0 spiro atoms. The molecule has 0 saturated carbocycles. The molecular formula is C24H32FN5O3. The first-order valence-electron chi connectivity index (χ1n) is 10.7. The molecule has 2 atom stereocenters. The maximum atomic E-state index is 13.2. The van der Waals surface area contributed by atoms with E-state index >= 15 is 0 Å². The zero-order chi connectivity index (χ0) is 24.4. The number of carbonyl (C=O) groups excluding carboxylic acids is 1. The third kappa shape index (κ3) is 8.61. The van der Waals surface area contributed by atoms with Gasteiger partial charge < -0.3 is 20.7 Å². The molecule has 0 bridgehead atoms. The Labute approximate surface area is 194 Å². The molecule has 0 saturated heterocycles. The minimum atomic E-state index is -0.711. The molecule has 0 heterocycles. The lowest BCUT2D eigenvalue weighted by atomic mass is 9.97. The van der Waals surface area contributed by atoms with E-state index in [1.807, 2.05) is 0 Å². The Morgan fingerprint density at radius 2 is 1.73 bits per heavy atom. The van der Waals surface area contributed by atoms with Gasteiger partial charge in [-0.05, 0) is 54.4 Å². The van der Waals surface area contributed by atoms with Crippen LogP contribution in [-0.4, -0.2) is 38.7 Å². The maximum absolute atomic E-state index is 13.2. The van der Waals surface area contributed by atoms with Crippen molar-refractivity contribution in [3.05, 3.63) is 70.4 Å². The lowest BCUT2D eigenvalue weighted by molar-refractivity contribution is 0.100. The van der Waals surface area contributed by atoms with Gasteiger partial charge in [0.25, 0.3) is 5.91 Å². The van der Waals surface area contributed by atoms with Crippen LogP contribution in [0.2, 0.25) is 0 Å². The fraction of sp³-hybridized carbons (Fsp3) is 0.417. The number of aliphatic imine (C=N–C) groups is 1. The number of methoxy groups -OCH3 is 1. The standard InChI is InChI=1S/C24H32FN5O3/c1-24(2,3)15-27-23(29-22(31)17-8-12-19(33-5)13-9-17)28-21(26-4)14-20(30-32)16-6-10-18(25)11-7-16/h6-13,20-21,26H,14-15H2,1-5H3,(H2,27,28,29,31). The average molecular weight is 458 g/mol. The normalized spacial score (nSPS) is 13.7. The summed E-state index contributed by atoms with van der Waals surface area (Å²) >= 11 is 0. The van der Waals surface area contributed by atoms with E-state index < -0.39 is 18.1 Å². The second kappa shape index (κ2) is 12.1. The van der Waals surface area contributed by atoms with Crippen molar-refractivity contribution in [3.8, 4) is 5.75 Å². The number of nitrogens with zero attached hydrogens (tertiary/aromatic N) is 2. The molecule has 2 aromatic rings. The predicted molar refractivity (Wildman–Crippen MR) is 128 cm³/mol. The van der Waals surface area contributed by atoms with Gasteiger partial charge in [-0.3, -0.25) is 4.79 Å². The molecule has 3 N–H and O–H groups in total. The molecule has 0 aliphatic carbocycles. The number of halogens is 1. The number of hydrogen-bond acceptors (Lipinski definition) is 5. The molecule has 2 rings (SSSR count). The maximum Gasteiger partial charge on any atom is 0.280 e. The van der Waals surface area contributed by atoms with Crippen molar-refractivity contribution in [3.63, 3.8) is 0 Å². The number of nitrogens with one attached hydrogen (secondary N) is 3. The van der Waals surface area contributed by atoms with Gasteiger partial charge >= 0.3 is 0 Å². The first-order valence-corrected chi connectivity index (χ1v) is 10.7. The van der Waals surface area contributed by atoms with Gasteiger partial charge in [-0.2, -0.15) is 9.90 Å².